The van der Waals surface area contributed by atoms with E-state index < -0.39 is 0 Å². The molecular formula is C17H22N4O2. The summed E-state index contributed by atoms with van der Waals surface area (Å²) in [7, 11) is 0. The van der Waals surface area contributed by atoms with Gasteiger partial charge in [-0.15, -0.1) is 0 Å². The van der Waals surface area contributed by atoms with Crippen LogP contribution in [0.2, 0.25) is 0 Å². The van der Waals surface area contributed by atoms with Crippen LogP contribution in [0.25, 0.3) is 0 Å². The van der Waals surface area contributed by atoms with Crippen LogP contribution < -0.4 is 5.32 Å². The normalized spacial score (nSPS) is 16.4. The first-order chi connectivity index (χ1) is 11.1. The van der Waals surface area contributed by atoms with Gasteiger partial charge in [-0.25, -0.2) is 0 Å². The fourth-order valence-electron chi connectivity index (χ4n) is 2.92. The standard InChI is InChI=1S/C17H22N4O2/c1-12-5-3-4-6-15(12)19-16(22)11-21-9-7-14(8-10-21)17-18-13(2)20-23-17/h3-6,14H,7-11H2,1-2H3,(H,19,22). The lowest BCUT2D eigenvalue weighted by molar-refractivity contribution is -0.117. The van der Waals surface area contributed by atoms with Crippen LogP contribution in [0.5, 0.6) is 0 Å². The average Bonchev–Trinajstić information content (AvgIpc) is 2.97. The van der Waals surface area contributed by atoms with Gasteiger partial charge in [0, 0.05) is 11.6 Å². The van der Waals surface area contributed by atoms with Gasteiger partial charge >= 0.3 is 0 Å². The fourth-order valence-corrected chi connectivity index (χ4v) is 2.92. The Kier molecular flexibility index (Phi) is 4.71. The number of piperidine rings is 1. The number of amides is 1. The monoisotopic (exact) mass is 314 g/mol. The van der Waals surface area contributed by atoms with Crippen molar-refractivity contribution < 1.29 is 9.32 Å². The number of rotatable bonds is 4. The number of aromatic nitrogens is 2. The molecule has 6 heteroatoms. The van der Waals surface area contributed by atoms with Crippen LogP contribution in [-0.2, 0) is 4.79 Å². The highest BCUT2D eigenvalue weighted by Gasteiger charge is 2.25. The molecule has 0 unspecified atom stereocenters. The van der Waals surface area contributed by atoms with E-state index in [4.69, 9.17) is 4.52 Å². The summed E-state index contributed by atoms with van der Waals surface area (Å²) in [4.78, 5) is 18.7. The van der Waals surface area contributed by atoms with Crippen molar-refractivity contribution in [3.63, 3.8) is 0 Å². The Bertz CT molecular complexity index is 675. The Morgan fingerprint density at radius 1 is 1.30 bits per heavy atom. The van der Waals surface area contributed by atoms with E-state index >= 15 is 0 Å². The van der Waals surface area contributed by atoms with E-state index in [2.05, 4.69) is 20.4 Å². The largest absolute Gasteiger partial charge is 0.339 e. The Hall–Kier alpha value is -2.21. The molecule has 1 saturated heterocycles. The third-order valence-electron chi connectivity index (χ3n) is 4.27. The molecule has 3 rings (SSSR count). The minimum Gasteiger partial charge on any atom is -0.339 e. The molecule has 1 fully saturated rings. The van der Waals surface area contributed by atoms with E-state index in [-0.39, 0.29) is 5.91 Å². The number of carbonyl (C=O) groups excluding carboxylic acids is 1. The van der Waals surface area contributed by atoms with Crippen LogP contribution in [0.4, 0.5) is 5.69 Å². The summed E-state index contributed by atoms with van der Waals surface area (Å²) in [5, 5.41) is 6.83. The Morgan fingerprint density at radius 2 is 2.04 bits per heavy atom. The number of anilines is 1. The Labute approximate surface area is 135 Å². The van der Waals surface area contributed by atoms with Gasteiger partial charge in [0.1, 0.15) is 0 Å². The van der Waals surface area contributed by atoms with Gasteiger partial charge in [0.05, 0.1) is 6.54 Å². The molecule has 0 radical (unpaired) electrons. The Morgan fingerprint density at radius 3 is 2.70 bits per heavy atom. The summed E-state index contributed by atoms with van der Waals surface area (Å²) >= 11 is 0. The van der Waals surface area contributed by atoms with Gasteiger partial charge in [-0.1, -0.05) is 23.4 Å². The number of likely N-dealkylation sites (tertiary alicyclic amines) is 1. The zero-order valence-electron chi connectivity index (χ0n) is 13.6. The first kappa shape index (κ1) is 15.7. The van der Waals surface area contributed by atoms with Gasteiger partial charge in [0.2, 0.25) is 11.8 Å². The Balaban J connectivity index is 1.49. The van der Waals surface area contributed by atoms with Crippen molar-refractivity contribution in [2.45, 2.75) is 32.6 Å². The molecule has 1 amide bonds. The van der Waals surface area contributed by atoms with Gasteiger partial charge in [-0.3, -0.25) is 9.69 Å². The maximum atomic E-state index is 12.2. The minimum atomic E-state index is 0.0337. The van der Waals surface area contributed by atoms with Gasteiger partial charge < -0.3 is 9.84 Å². The van der Waals surface area contributed by atoms with Crippen LogP contribution in [0, 0.1) is 13.8 Å². The quantitative estimate of drug-likeness (QED) is 0.939. The molecule has 0 spiro atoms. The first-order valence-corrected chi connectivity index (χ1v) is 8.00. The van der Waals surface area contributed by atoms with Crippen molar-refractivity contribution in [2.75, 3.05) is 25.0 Å². The van der Waals surface area contributed by atoms with Crippen molar-refractivity contribution in [1.29, 1.82) is 0 Å². The lowest BCUT2D eigenvalue weighted by atomic mass is 9.97. The van der Waals surface area contributed by atoms with Crippen molar-refractivity contribution in [2.24, 2.45) is 0 Å². The second kappa shape index (κ2) is 6.91. The SMILES string of the molecule is Cc1noc(C2CCN(CC(=O)Nc3ccccc3C)CC2)n1. The van der Waals surface area contributed by atoms with Crippen LogP contribution in [0.3, 0.4) is 0 Å². The average molecular weight is 314 g/mol. The number of nitrogens with zero attached hydrogens (tertiary/aromatic N) is 3. The van der Waals surface area contributed by atoms with Crippen molar-refractivity contribution in [3.05, 3.63) is 41.5 Å². The lowest BCUT2D eigenvalue weighted by Gasteiger charge is -2.29. The van der Waals surface area contributed by atoms with Crippen LogP contribution in [-0.4, -0.2) is 40.6 Å². The second-order valence-electron chi connectivity index (χ2n) is 6.09. The smallest absolute Gasteiger partial charge is 0.238 e. The summed E-state index contributed by atoms with van der Waals surface area (Å²) in [6.07, 6.45) is 1.89. The van der Waals surface area contributed by atoms with E-state index in [1.807, 2.05) is 38.1 Å². The number of para-hydroxylation sites is 1. The molecular weight excluding hydrogens is 292 g/mol. The summed E-state index contributed by atoms with van der Waals surface area (Å²) in [6.45, 7) is 5.98. The van der Waals surface area contributed by atoms with Crippen molar-refractivity contribution >= 4 is 11.6 Å². The molecule has 0 saturated carbocycles. The highest BCUT2D eigenvalue weighted by molar-refractivity contribution is 5.92. The molecule has 1 aliphatic heterocycles. The molecule has 0 atom stereocenters. The van der Waals surface area contributed by atoms with Crippen LogP contribution in [0.15, 0.2) is 28.8 Å². The molecule has 1 aliphatic rings. The molecule has 2 heterocycles. The molecule has 122 valence electrons. The molecule has 1 aromatic heterocycles. The summed E-state index contributed by atoms with van der Waals surface area (Å²) < 4.78 is 5.25. The number of nitrogens with one attached hydrogen (secondary N) is 1. The highest BCUT2D eigenvalue weighted by Crippen LogP contribution is 2.26. The van der Waals surface area contributed by atoms with Gasteiger partial charge in [0.25, 0.3) is 0 Å². The molecule has 0 bridgehead atoms. The van der Waals surface area contributed by atoms with Gasteiger partial charge in [-0.05, 0) is 51.4 Å². The number of hydrogen-bond donors (Lipinski definition) is 1. The minimum absolute atomic E-state index is 0.0337. The number of benzene rings is 1. The molecule has 1 aromatic carbocycles. The van der Waals surface area contributed by atoms with E-state index in [9.17, 15) is 4.79 Å². The van der Waals surface area contributed by atoms with Crippen molar-refractivity contribution in [1.82, 2.24) is 15.0 Å². The zero-order valence-corrected chi connectivity index (χ0v) is 13.6. The molecule has 1 N–H and O–H groups in total. The summed E-state index contributed by atoms with van der Waals surface area (Å²) in [5.41, 5.74) is 1.96. The predicted octanol–water partition coefficient (Wildman–Crippen LogP) is 2.50. The van der Waals surface area contributed by atoms with Gasteiger partial charge in [-0.2, -0.15) is 4.98 Å². The molecule has 6 nitrogen and oxygen atoms in total. The lowest BCUT2D eigenvalue weighted by Crippen LogP contribution is -2.38. The van der Waals surface area contributed by atoms with E-state index in [1.54, 1.807) is 0 Å². The van der Waals surface area contributed by atoms with E-state index in [0.717, 1.165) is 43.1 Å². The highest BCUT2D eigenvalue weighted by atomic mass is 16.5. The number of aryl methyl sites for hydroxylation is 2. The third-order valence-corrected chi connectivity index (χ3v) is 4.27. The van der Waals surface area contributed by atoms with E-state index in [0.29, 0.717) is 18.3 Å². The number of carbonyl (C=O) groups is 1. The summed E-state index contributed by atoms with van der Waals surface area (Å²) in [5.74, 6) is 1.75. The molecule has 23 heavy (non-hydrogen) atoms. The zero-order chi connectivity index (χ0) is 16.2. The molecule has 2 aromatic rings. The third kappa shape index (κ3) is 3.96. The summed E-state index contributed by atoms with van der Waals surface area (Å²) in [6, 6.07) is 7.82. The van der Waals surface area contributed by atoms with Crippen LogP contribution >= 0.6 is 0 Å². The fraction of sp³-hybridized carbons (Fsp3) is 0.471. The maximum absolute atomic E-state index is 12.2. The second-order valence-corrected chi connectivity index (χ2v) is 6.09. The topological polar surface area (TPSA) is 71.3 Å². The molecule has 0 aliphatic carbocycles. The van der Waals surface area contributed by atoms with E-state index in [1.165, 1.54) is 0 Å². The predicted molar refractivity (Wildman–Crippen MR) is 87.3 cm³/mol. The first-order valence-electron chi connectivity index (χ1n) is 8.00. The van der Waals surface area contributed by atoms with Crippen molar-refractivity contribution in [3.8, 4) is 0 Å². The van der Waals surface area contributed by atoms with Gasteiger partial charge in [0.15, 0.2) is 5.82 Å². The van der Waals surface area contributed by atoms with Crippen LogP contribution in [0.1, 0.15) is 36.0 Å². The number of hydrogen-bond acceptors (Lipinski definition) is 5. The maximum Gasteiger partial charge on any atom is 0.238 e.